The predicted octanol–water partition coefficient (Wildman–Crippen LogP) is 1.53. The molecule has 0 aliphatic carbocycles. The summed E-state index contributed by atoms with van der Waals surface area (Å²) >= 11 is 0. The second kappa shape index (κ2) is 8.41. The number of piperidine rings is 1. The number of rotatable bonds is 6. The third-order valence-electron chi connectivity index (χ3n) is 4.26. The third-order valence-corrected chi connectivity index (χ3v) is 4.26. The fourth-order valence-corrected chi connectivity index (χ4v) is 2.97. The van der Waals surface area contributed by atoms with E-state index in [0.717, 1.165) is 38.1 Å². The molecule has 3 amide bonds. The topological polar surface area (TPSA) is 84.7 Å². The first-order valence-electron chi connectivity index (χ1n) is 8.02. The van der Waals surface area contributed by atoms with Crippen molar-refractivity contribution in [2.45, 2.75) is 25.7 Å². The number of benzene rings is 1. The Hall–Kier alpha value is -2.24. The second-order valence-electron chi connectivity index (χ2n) is 5.92. The van der Waals surface area contributed by atoms with E-state index in [9.17, 15) is 9.59 Å². The van der Waals surface area contributed by atoms with Crippen molar-refractivity contribution in [1.29, 1.82) is 0 Å². The molecule has 0 radical (unpaired) electrons. The zero-order chi connectivity index (χ0) is 16.7. The SMILES string of the molecule is COc1cccc(CC2CCN(C(=O)CCNC(N)=O)CC2)c1. The number of urea groups is 1. The second-order valence-corrected chi connectivity index (χ2v) is 5.92. The summed E-state index contributed by atoms with van der Waals surface area (Å²) in [5.41, 5.74) is 6.26. The summed E-state index contributed by atoms with van der Waals surface area (Å²) < 4.78 is 5.26. The molecule has 6 nitrogen and oxygen atoms in total. The maximum Gasteiger partial charge on any atom is 0.312 e. The van der Waals surface area contributed by atoms with E-state index >= 15 is 0 Å². The molecule has 1 aromatic rings. The minimum atomic E-state index is -0.588. The van der Waals surface area contributed by atoms with Gasteiger partial charge in [0.1, 0.15) is 5.75 Å². The van der Waals surface area contributed by atoms with Gasteiger partial charge in [0.05, 0.1) is 7.11 Å². The van der Waals surface area contributed by atoms with Crippen molar-refractivity contribution in [2.24, 2.45) is 11.7 Å². The smallest absolute Gasteiger partial charge is 0.312 e. The Morgan fingerprint density at radius 2 is 2.09 bits per heavy atom. The predicted molar refractivity (Wildman–Crippen MR) is 88.2 cm³/mol. The van der Waals surface area contributed by atoms with Crippen LogP contribution in [-0.4, -0.2) is 43.6 Å². The number of ether oxygens (including phenoxy) is 1. The highest BCUT2D eigenvalue weighted by atomic mass is 16.5. The van der Waals surface area contributed by atoms with Crippen molar-refractivity contribution in [3.63, 3.8) is 0 Å². The summed E-state index contributed by atoms with van der Waals surface area (Å²) in [6.45, 7) is 1.87. The van der Waals surface area contributed by atoms with Crippen LogP contribution in [0, 0.1) is 5.92 Å². The molecule has 23 heavy (non-hydrogen) atoms. The monoisotopic (exact) mass is 319 g/mol. The Balaban J connectivity index is 1.75. The molecule has 1 aliphatic heterocycles. The molecule has 1 saturated heterocycles. The molecule has 1 aliphatic rings. The lowest BCUT2D eigenvalue weighted by Crippen LogP contribution is -2.40. The minimum Gasteiger partial charge on any atom is -0.497 e. The molecule has 1 aromatic carbocycles. The maximum atomic E-state index is 12.0. The van der Waals surface area contributed by atoms with Gasteiger partial charge >= 0.3 is 6.03 Å². The summed E-state index contributed by atoms with van der Waals surface area (Å²) in [5, 5.41) is 2.45. The van der Waals surface area contributed by atoms with Crippen molar-refractivity contribution < 1.29 is 14.3 Å². The van der Waals surface area contributed by atoms with Crippen LogP contribution in [0.5, 0.6) is 5.75 Å². The quantitative estimate of drug-likeness (QED) is 0.834. The highest BCUT2D eigenvalue weighted by Crippen LogP contribution is 2.23. The molecule has 0 bridgehead atoms. The highest BCUT2D eigenvalue weighted by molar-refractivity contribution is 5.77. The zero-order valence-electron chi connectivity index (χ0n) is 13.6. The van der Waals surface area contributed by atoms with Crippen LogP contribution in [0.3, 0.4) is 0 Å². The van der Waals surface area contributed by atoms with E-state index in [0.29, 0.717) is 18.9 Å². The lowest BCUT2D eigenvalue weighted by molar-refractivity contribution is -0.132. The van der Waals surface area contributed by atoms with Gasteiger partial charge in [0.2, 0.25) is 5.91 Å². The van der Waals surface area contributed by atoms with E-state index in [1.165, 1.54) is 5.56 Å². The van der Waals surface area contributed by atoms with Crippen LogP contribution in [0.4, 0.5) is 4.79 Å². The Bertz CT molecular complexity index is 540. The average Bonchev–Trinajstić information content (AvgIpc) is 2.55. The van der Waals surface area contributed by atoms with E-state index in [2.05, 4.69) is 17.4 Å². The van der Waals surface area contributed by atoms with E-state index in [1.54, 1.807) is 7.11 Å². The molecule has 0 aromatic heterocycles. The maximum absolute atomic E-state index is 12.0. The first-order valence-corrected chi connectivity index (χ1v) is 8.02. The number of carbonyl (C=O) groups is 2. The van der Waals surface area contributed by atoms with Crippen LogP contribution in [0.15, 0.2) is 24.3 Å². The van der Waals surface area contributed by atoms with Crippen molar-refractivity contribution >= 4 is 11.9 Å². The van der Waals surface area contributed by atoms with E-state index in [4.69, 9.17) is 10.5 Å². The molecule has 0 spiro atoms. The third kappa shape index (κ3) is 5.47. The molecule has 3 N–H and O–H groups in total. The standard InChI is InChI=1S/C17H25N3O3/c1-23-15-4-2-3-14(12-15)11-13-6-9-20(10-7-13)16(21)5-8-19-17(18)22/h2-4,12-13H,5-11H2,1H3,(H3,18,19,22). The Morgan fingerprint density at radius 3 is 2.74 bits per heavy atom. The van der Waals surface area contributed by atoms with Crippen molar-refractivity contribution in [3.05, 3.63) is 29.8 Å². The first-order chi connectivity index (χ1) is 11.1. The van der Waals surface area contributed by atoms with Crippen LogP contribution in [0.1, 0.15) is 24.8 Å². The number of likely N-dealkylation sites (tertiary alicyclic amines) is 1. The zero-order valence-corrected chi connectivity index (χ0v) is 13.6. The number of primary amides is 1. The molecule has 1 fully saturated rings. The van der Waals surface area contributed by atoms with Crippen LogP contribution in [0.2, 0.25) is 0 Å². The Morgan fingerprint density at radius 1 is 1.35 bits per heavy atom. The molecule has 2 rings (SSSR count). The molecule has 0 atom stereocenters. The largest absolute Gasteiger partial charge is 0.497 e. The van der Waals surface area contributed by atoms with Gasteiger partial charge in [-0.1, -0.05) is 12.1 Å². The summed E-state index contributed by atoms with van der Waals surface area (Å²) in [6.07, 6.45) is 3.34. The van der Waals surface area contributed by atoms with Gasteiger partial charge in [0.25, 0.3) is 0 Å². The highest BCUT2D eigenvalue weighted by Gasteiger charge is 2.22. The fourth-order valence-electron chi connectivity index (χ4n) is 2.97. The van der Waals surface area contributed by atoms with Gasteiger partial charge in [-0.25, -0.2) is 4.79 Å². The normalized spacial score (nSPS) is 15.3. The van der Waals surface area contributed by atoms with Crippen molar-refractivity contribution in [1.82, 2.24) is 10.2 Å². The number of nitrogens with one attached hydrogen (secondary N) is 1. The summed E-state index contributed by atoms with van der Waals surface area (Å²) in [7, 11) is 1.68. The molecule has 0 saturated carbocycles. The molecular formula is C17H25N3O3. The fraction of sp³-hybridized carbons (Fsp3) is 0.529. The van der Waals surface area contributed by atoms with Gasteiger partial charge in [-0.05, 0) is 42.9 Å². The van der Waals surface area contributed by atoms with E-state index < -0.39 is 6.03 Å². The summed E-state index contributed by atoms with van der Waals surface area (Å²) in [5.74, 6) is 1.56. The van der Waals surface area contributed by atoms with Gasteiger partial charge in [-0.15, -0.1) is 0 Å². The molecule has 1 heterocycles. The number of hydrogen-bond acceptors (Lipinski definition) is 3. The van der Waals surface area contributed by atoms with Gasteiger partial charge in [-0.3, -0.25) is 4.79 Å². The van der Waals surface area contributed by atoms with Gasteiger partial charge in [0, 0.05) is 26.1 Å². The van der Waals surface area contributed by atoms with Crippen molar-refractivity contribution in [2.75, 3.05) is 26.7 Å². The Kier molecular flexibility index (Phi) is 6.26. The van der Waals surface area contributed by atoms with Gasteiger partial charge < -0.3 is 20.7 Å². The van der Waals surface area contributed by atoms with Crippen LogP contribution in [0.25, 0.3) is 0 Å². The number of nitrogens with zero attached hydrogens (tertiary/aromatic N) is 1. The van der Waals surface area contributed by atoms with Crippen LogP contribution < -0.4 is 15.8 Å². The summed E-state index contributed by atoms with van der Waals surface area (Å²) in [4.78, 5) is 24.5. The van der Waals surface area contributed by atoms with E-state index in [-0.39, 0.29) is 5.91 Å². The first kappa shape index (κ1) is 17.1. The number of methoxy groups -OCH3 is 1. The van der Waals surface area contributed by atoms with Gasteiger partial charge in [-0.2, -0.15) is 0 Å². The summed E-state index contributed by atoms with van der Waals surface area (Å²) in [6, 6.07) is 7.57. The van der Waals surface area contributed by atoms with Gasteiger partial charge in [0.15, 0.2) is 0 Å². The number of nitrogens with two attached hydrogens (primary N) is 1. The molecule has 126 valence electrons. The van der Waals surface area contributed by atoms with Crippen LogP contribution >= 0.6 is 0 Å². The van der Waals surface area contributed by atoms with Crippen LogP contribution in [-0.2, 0) is 11.2 Å². The number of carbonyl (C=O) groups excluding carboxylic acids is 2. The number of amides is 3. The molecular weight excluding hydrogens is 294 g/mol. The number of hydrogen-bond donors (Lipinski definition) is 2. The Labute approximate surface area is 137 Å². The lowest BCUT2D eigenvalue weighted by atomic mass is 9.90. The average molecular weight is 319 g/mol. The molecule has 6 heteroatoms. The lowest BCUT2D eigenvalue weighted by Gasteiger charge is -2.32. The van der Waals surface area contributed by atoms with Crippen molar-refractivity contribution in [3.8, 4) is 5.75 Å². The van der Waals surface area contributed by atoms with E-state index in [1.807, 2.05) is 17.0 Å². The molecule has 0 unspecified atom stereocenters. The minimum absolute atomic E-state index is 0.0820.